The number of rotatable bonds is 6. The third-order valence-electron chi connectivity index (χ3n) is 2.62. The summed E-state index contributed by atoms with van der Waals surface area (Å²) in [6.45, 7) is 0.853. The number of aliphatic hydroxyl groups is 1. The number of hydrogen-bond donors (Lipinski definition) is 3. The molecule has 2 rings (SSSR count). The summed E-state index contributed by atoms with van der Waals surface area (Å²) in [6, 6.07) is 11.1. The van der Waals surface area contributed by atoms with Crippen LogP contribution < -0.4 is 10.6 Å². The minimum absolute atomic E-state index is 0.0666. The Kier molecular flexibility index (Phi) is 5.40. The van der Waals surface area contributed by atoms with Gasteiger partial charge in [-0.05, 0) is 30.3 Å². The average Bonchev–Trinajstić information content (AvgIpc) is 2.88. The van der Waals surface area contributed by atoms with Gasteiger partial charge in [-0.15, -0.1) is 11.3 Å². The van der Waals surface area contributed by atoms with Crippen molar-refractivity contribution in [2.24, 2.45) is 0 Å². The van der Waals surface area contributed by atoms with Crippen LogP contribution >= 0.6 is 22.9 Å². The summed E-state index contributed by atoms with van der Waals surface area (Å²) < 4.78 is 0.763. The summed E-state index contributed by atoms with van der Waals surface area (Å²) in [6.07, 6.45) is 0. The summed E-state index contributed by atoms with van der Waals surface area (Å²) in [5.41, 5.74) is 1.43. The largest absolute Gasteiger partial charge is 0.395 e. The van der Waals surface area contributed by atoms with Gasteiger partial charge in [0.15, 0.2) is 0 Å². The molecule has 1 amide bonds. The van der Waals surface area contributed by atoms with Crippen molar-refractivity contribution in [1.29, 1.82) is 0 Å². The molecule has 0 atom stereocenters. The molecule has 0 aliphatic carbocycles. The van der Waals surface area contributed by atoms with Crippen molar-refractivity contribution in [3.05, 3.63) is 51.2 Å². The smallest absolute Gasteiger partial charge is 0.251 e. The SMILES string of the molecule is O=C(NCCO)c1cccc(NCc2ccc(Cl)s2)c1. The van der Waals surface area contributed by atoms with Crippen LogP contribution in [0.15, 0.2) is 36.4 Å². The molecule has 0 saturated heterocycles. The van der Waals surface area contributed by atoms with E-state index in [4.69, 9.17) is 16.7 Å². The molecule has 0 spiro atoms. The Balaban J connectivity index is 1.97. The van der Waals surface area contributed by atoms with Gasteiger partial charge in [-0.25, -0.2) is 0 Å². The van der Waals surface area contributed by atoms with Crippen LogP contribution in [0.4, 0.5) is 5.69 Å². The van der Waals surface area contributed by atoms with Gasteiger partial charge in [0.05, 0.1) is 10.9 Å². The fraction of sp³-hybridized carbons (Fsp3) is 0.214. The van der Waals surface area contributed by atoms with Gasteiger partial charge in [-0.2, -0.15) is 0 Å². The van der Waals surface area contributed by atoms with Crippen molar-refractivity contribution in [2.75, 3.05) is 18.5 Å². The molecule has 4 nitrogen and oxygen atoms in total. The number of carbonyl (C=O) groups excluding carboxylic acids is 1. The van der Waals surface area contributed by atoms with E-state index in [0.29, 0.717) is 12.1 Å². The molecule has 0 fully saturated rings. The Labute approximate surface area is 126 Å². The second kappa shape index (κ2) is 7.28. The first-order valence-corrected chi connectivity index (χ1v) is 7.35. The highest BCUT2D eigenvalue weighted by Gasteiger charge is 2.05. The van der Waals surface area contributed by atoms with Gasteiger partial charge in [-0.1, -0.05) is 17.7 Å². The zero-order chi connectivity index (χ0) is 14.4. The number of hydrogen-bond acceptors (Lipinski definition) is 4. The van der Waals surface area contributed by atoms with Crippen molar-refractivity contribution in [2.45, 2.75) is 6.54 Å². The van der Waals surface area contributed by atoms with Crippen LogP contribution in [-0.4, -0.2) is 24.2 Å². The Morgan fingerprint density at radius 2 is 2.15 bits per heavy atom. The van der Waals surface area contributed by atoms with Gasteiger partial charge < -0.3 is 15.7 Å². The highest BCUT2D eigenvalue weighted by molar-refractivity contribution is 7.16. The molecule has 0 saturated carbocycles. The lowest BCUT2D eigenvalue weighted by Crippen LogP contribution is -2.26. The van der Waals surface area contributed by atoms with Crippen molar-refractivity contribution < 1.29 is 9.90 Å². The second-order valence-electron chi connectivity index (χ2n) is 4.12. The number of anilines is 1. The first-order chi connectivity index (χ1) is 9.69. The summed E-state index contributed by atoms with van der Waals surface area (Å²) in [5, 5.41) is 14.6. The van der Waals surface area contributed by atoms with E-state index < -0.39 is 0 Å². The zero-order valence-corrected chi connectivity index (χ0v) is 12.3. The van der Waals surface area contributed by atoms with E-state index >= 15 is 0 Å². The Hall–Kier alpha value is -1.56. The van der Waals surface area contributed by atoms with Gasteiger partial charge in [0.2, 0.25) is 0 Å². The van der Waals surface area contributed by atoms with Gasteiger partial charge in [0.1, 0.15) is 0 Å². The molecule has 0 radical (unpaired) electrons. The normalized spacial score (nSPS) is 10.3. The molecule has 2 aromatic rings. The summed E-state index contributed by atoms with van der Waals surface area (Å²) in [7, 11) is 0. The van der Waals surface area contributed by atoms with E-state index in [0.717, 1.165) is 14.9 Å². The highest BCUT2D eigenvalue weighted by atomic mass is 35.5. The molecular weight excluding hydrogens is 296 g/mol. The van der Waals surface area contributed by atoms with Crippen molar-refractivity contribution in [1.82, 2.24) is 5.32 Å². The van der Waals surface area contributed by atoms with E-state index in [-0.39, 0.29) is 19.1 Å². The summed E-state index contributed by atoms with van der Waals surface area (Å²) >= 11 is 7.40. The van der Waals surface area contributed by atoms with Gasteiger partial charge in [0, 0.05) is 29.2 Å². The Bertz CT molecular complexity index is 586. The maximum absolute atomic E-state index is 11.8. The van der Waals surface area contributed by atoms with Crippen molar-refractivity contribution >= 4 is 34.5 Å². The van der Waals surface area contributed by atoms with Crippen molar-refractivity contribution in [3.8, 4) is 0 Å². The molecule has 1 aromatic carbocycles. The number of thiophene rings is 1. The second-order valence-corrected chi connectivity index (χ2v) is 5.92. The molecule has 6 heteroatoms. The minimum Gasteiger partial charge on any atom is -0.395 e. The molecule has 3 N–H and O–H groups in total. The van der Waals surface area contributed by atoms with E-state index in [1.54, 1.807) is 12.1 Å². The molecule has 20 heavy (non-hydrogen) atoms. The predicted octanol–water partition coefficient (Wildman–Crippen LogP) is 2.74. The fourth-order valence-electron chi connectivity index (χ4n) is 1.68. The number of benzene rings is 1. The molecule has 0 unspecified atom stereocenters. The zero-order valence-electron chi connectivity index (χ0n) is 10.7. The van der Waals surface area contributed by atoms with Crippen LogP contribution in [0.2, 0.25) is 4.34 Å². The Morgan fingerprint density at radius 1 is 1.30 bits per heavy atom. The molecule has 1 heterocycles. The van der Waals surface area contributed by atoms with Gasteiger partial charge in [-0.3, -0.25) is 4.79 Å². The lowest BCUT2D eigenvalue weighted by Gasteiger charge is -2.08. The molecule has 1 aromatic heterocycles. The summed E-state index contributed by atoms with van der Waals surface area (Å²) in [5.74, 6) is -0.193. The number of amides is 1. The first-order valence-electron chi connectivity index (χ1n) is 6.16. The number of aliphatic hydroxyl groups excluding tert-OH is 1. The molecule has 0 aliphatic heterocycles. The quantitative estimate of drug-likeness (QED) is 0.769. The van der Waals surface area contributed by atoms with Crippen LogP contribution in [0.1, 0.15) is 15.2 Å². The van der Waals surface area contributed by atoms with Gasteiger partial charge >= 0.3 is 0 Å². The Morgan fingerprint density at radius 3 is 2.85 bits per heavy atom. The van der Waals surface area contributed by atoms with E-state index in [1.807, 2.05) is 24.3 Å². The maximum Gasteiger partial charge on any atom is 0.251 e. The molecule has 0 aliphatic rings. The average molecular weight is 311 g/mol. The monoisotopic (exact) mass is 310 g/mol. The van der Waals surface area contributed by atoms with Crippen LogP contribution in [0.3, 0.4) is 0 Å². The molecular formula is C14H15ClN2O2S. The lowest BCUT2D eigenvalue weighted by atomic mass is 10.2. The minimum atomic E-state index is -0.193. The standard InChI is InChI=1S/C14H15ClN2O2S/c15-13-5-4-12(20-13)9-17-11-3-1-2-10(8-11)14(19)16-6-7-18/h1-5,8,17-18H,6-7,9H2,(H,16,19). The number of carbonyl (C=O) groups is 1. The predicted molar refractivity (Wildman–Crippen MR) is 82.5 cm³/mol. The van der Waals surface area contributed by atoms with Crippen molar-refractivity contribution in [3.63, 3.8) is 0 Å². The molecule has 106 valence electrons. The first kappa shape index (κ1) is 14.8. The topological polar surface area (TPSA) is 61.4 Å². The fourth-order valence-corrected chi connectivity index (χ4v) is 2.71. The van der Waals surface area contributed by atoms with E-state index in [1.165, 1.54) is 11.3 Å². The lowest BCUT2D eigenvalue weighted by molar-refractivity contribution is 0.0945. The highest BCUT2D eigenvalue weighted by Crippen LogP contribution is 2.22. The number of halogens is 1. The number of nitrogens with one attached hydrogen (secondary N) is 2. The van der Waals surface area contributed by atoms with Crippen LogP contribution in [0, 0.1) is 0 Å². The van der Waals surface area contributed by atoms with E-state index in [9.17, 15) is 4.79 Å². The van der Waals surface area contributed by atoms with Crippen LogP contribution in [0.25, 0.3) is 0 Å². The summed E-state index contributed by atoms with van der Waals surface area (Å²) in [4.78, 5) is 12.9. The third kappa shape index (κ3) is 4.23. The van der Waals surface area contributed by atoms with Crippen LogP contribution in [0.5, 0.6) is 0 Å². The third-order valence-corrected chi connectivity index (χ3v) is 3.85. The van der Waals surface area contributed by atoms with Crippen LogP contribution in [-0.2, 0) is 6.54 Å². The molecule has 0 bridgehead atoms. The van der Waals surface area contributed by atoms with E-state index in [2.05, 4.69) is 10.6 Å². The maximum atomic E-state index is 11.8. The van der Waals surface area contributed by atoms with Gasteiger partial charge in [0.25, 0.3) is 5.91 Å².